The van der Waals surface area contributed by atoms with Crippen LogP contribution in [0.15, 0.2) is 78.2 Å². The maximum Gasteiger partial charge on any atom is 0.318 e. The van der Waals surface area contributed by atoms with Crippen LogP contribution in [-0.2, 0) is 4.79 Å². The van der Waals surface area contributed by atoms with Crippen molar-refractivity contribution in [1.82, 2.24) is 20.4 Å². The van der Waals surface area contributed by atoms with E-state index in [0.717, 1.165) is 10.4 Å². The third kappa shape index (κ3) is 5.84. The van der Waals surface area contributed by atoms with Crippen molar-refractivity contribution >= 4 is 46.7 Å². The minimum absolute atomic E-state index is 0.134. The minimum Gasteiger partial charge on any atom is -0.338 e. The molecule has 0 saturated carbocycles. The number of hydrogen-bond acceptors (Lipinski definition) is 5. The Hall–Kier alpha value is -3.46. The summed E-state index contributed by atoms with van der Waals surface area (Å²) in [7, 11) is 0. The van der Waals surface area contributed by atoms with Gasteiger partial charge in [0.15, 0.2) is 5.78 Å². The number of halogens is 1. The van der Waals surface area contributed by atoms with Crippen molar-refractivity contribution in [3.8, 4) is 0 Å². The highest BCUT2D eigenvalue weighted by Gasteiger charge is 2.57. The van der Waals surface area contributed by atoms with E-state index in [4.69, 9.17) is 11.6 Å². The van der Waals surface area contributed by atoms with Gasteiger partial charge in [0, 0.05) is 54.1 Å². The monoisotopic (exact) mass is 576 g/mol. The molecule has 4 unspecified atom stereocenters. The molecule has 3 heterocycles. The van der Waals surface area contributed by atoms with Crippen molar-refractivity contribution in [2.24, 2.45) is 5.92 Å². The quantitative estimate of drug-likeness (QED) is 0.392. The fourth-order valence-electron chi connectivity index (χ4n) is 5.74. The summed E-state index contributed by atoms with van der Waals surface area (Å²) in [5, 5.41) is 8.62. The highest BCUT2D eigenvalue weighted by molar-refractivity contribution is 7.10. The van der Waals surface area contributed by atoms with Crippen molar-refractivity contribution in [3.05, 3.63) is 99.2 Å². The average Bonchev–Trinajstić information content (AvgIpc) is 3.63. The van der Waals surface area contributed by atoms with Gasteiger partial charge in [-0.2, -0.15) is 0 Å². The molecular formula is C31H33ClN4O3S. The fourth-order valence-corrected chi connectivity index (χ4v) is 6.84. The Bertz CT molecular complexity index is 1360. The zero-order chi connectivity index (χ0) is 28.1. The lowest BCUT2D eigenvalue weighted by Gasteiger charge is -2.35. The lowest BCUT2D eigenvalue weighted by molar-refractivity contribution is -0.136. The topological polar surface area (TPSA) is 81.8 Å². The van der Waals surface area contributed by atoms with E-state index in [9.17, 15) is 14.4 Å². The normalized spacial score (nSPS) is 22.9. The number of amides is 3. The summed E-state index contributed by atoms with van der Waals surface area (Å²) in [5.41, 5.74) is 1.40. The van der Waals surface area contributed by atoms with Crippen LogP contribution in [0.3, 0.4) is 0 Å². The minimum atomic E-state index is -0.846. The molecule has 2 saturated heterocycles. The molecule has 3 amide bonds. The molecule has 2 N–H and O–H groups in total. The number of rotatable bonds is 7. The molecule has 0 radical (unpaired) electrons. The van der Waals surface area contributed by atoms with Crippen LogP contribution in [0.25, 0.3) is 6.08 Å². The Morgan fingerprint density at radius 2 is 1.82 bits per heavy atom. The van der Waals surface area contributed by atoms with Gasteiger partial charge in [-0.3, -0.25) is 9.59 Å². The molecule has 9 heteroatoms. The summed E-state index contributed by atoms with van der Waals surface area (Å²) in [6.07, 6.45) is 3.83. The molecule has 0 spiro atoms. The molecule has 2 aliphatic heterocycles. The van der Waals surface area contributed by atoms with Gasteiger partial charge in [-0.05, 0) is 36.1 Å². The molecule has 2 fully saturated rings. The number of likely N-dealkylation sites (tertiary alicyclic amines) is 1. The van der Waals surface area contributed by atoms with E-state index in [1.807, 2.05) is 71.8 Å². The Balaban J connectivity index is 1.68. The molecular weight excluding hydrogens is 544 g/mol. The number of hydrogen-bond donors (Lipinski definition) is 2. The number of Topliss-reactive ketones (excluding diaryl/α,β-unsaturated/α-hetero) is 1. The molecule has 4 atom stereocenters. The summed E-state index contributed by atoms with van der Waals surface area (Å²) >= 11 is 7.81. The van der Waals surface area contributed by atoms with Crippen LogP contribution in [0.4, 0.5) is 4.79 Å². The Labute approximate surface area is 243 Å². The van der Waals surface area contributed by atoms with Crippen LogP contribution < -0.4 is 10.6 Å². The van der Waals surface area contributed by atoms with E-state index in [-0.39, 0.29) is 17.7 Å². The van der Waals surface area contributed by atoms with Crippen molar-refractivity contribution in [1.29, 1.82) is 0 Å². The molecule has 2 aliphatic rings. The second kappa shape index (κ2) is 12.8. The second-order valence-electron chi connectivity index (χ2n) is 9.96. The van der Waals surface area contributed by atoms with Gasteiger partial charge in [-0.1, -0.05) is 72.3 Å². The summed E-state index contributed by atoms with van der Waals surface area (Å²) in [6.45, 7) is 4.72. The lowest BCUT2D eigenvalue weighted by Crippen LogP contribution is -2.57. The number of urea groups is 1. The second-order valence-corrected chi connectivity index (χ2v) is 11.4. The largest absolute Gasteiger partial charge is 0.338 e. The molecule has 1 aromatic heterocycles. The molecule has 0 aliphatic carbocycles. The van der Waals surface area contributed by atoms with Crippen molar-refractivity contribution < 1.29 is 14.4 Å². The summed E-state index contributed by atoms with van der Waals surface area (Å²) in [4.78, 5) is 46.9. The predicted molar refractivity (Wildman–Crippen MR) is 160 cm³/mol. The number of benzene rings is 2. The van der Waals surface area contributed by atoms with Crippen LogP contribution >= 0.6 is 22.9 Å². The Kier molecular flexibility index (Phi) is 8.99. The predicted octanol–water partition coefficient (Wildman–Crippen LogP) is 4.91. The van der Waals surface area contributed by atoms with Gasteiger partial charge in [0.25, 0.3) is 0 Å². The fraction of sp³-hybridized carbons (Fsp3) is 0.323. The van der Waals surface area contributed by atoms with Crippen LogP contribution in [0.2, 0.25) is 5.02 Å². The maximum absolute atomic E-state index is 14.4. The number of piperazine rings is 1. The van der Waals surface area contributed by atoms with Gasteiger partial charge in [-0.25, -0.2) is 4.79 Å². The van der Waals surface area contributed by atoms with Crippen LogP contribution in [0.5, 0.6) is 0 Å². The maximum atomic E-state index is 14.4. The summed E-state index contributed by atoms with van der Waals surface area (Å²) < 4.78 is 0. The number of ketones is 1. The first-order valence-corrected chi connectivity index (χ1v) is 14.9. The number of carbonyl (C=O) groups is 3. The van der Waals surface area contributed by atoms with Gasteiger partial charge in [0.2, 0.25) is 5.91 Å². The van der Waals surface area contributed by atoms with Gasteiger partial charge in [0.1, 0.15) is 6.04 Å². The van der Waals surface area contributed by atoms with Gasteiger partial charge < -0.3 is 20.4 Å². The standard InChI is InChI=1S/C31H33ClN4O3S/c1-2-34-31(39)36-24(14-13-21-8-4-3-5-9-21)26(29(37)22-10-6-11-23(32)20-22)27(25-12-7-19-40-25)28(36)30(38)35-17-15-33-16-18-35/h3-14,19-20,24,26-28,33H,2,15-18H2,1H3,(H,34,39). The van der Waals surface area contributed by atoms with E-state index < -0.39 is 23.9 Å². The molecule has 5 rings (SSSR count). The van der Waals surface area contributed by atoms with E-state index in [1.54, 1.807) is 29.2 Å². The van der Waals surface area contributed by atoms with E-state index in [1.165, 1.54) is 11.3 Å². The molecule has 40 heavy (non-hydrogen) atoms. The zero-order valence-corrected chi connectivity index (χ0v) is 23.9. The number of carbonyl (C=O) groups excluding carboxylic acids is 3. The third-order valence-corrected chi connectivity index (χ3v) is 8.74. The Morgan fingerprint density at radius 1 is 1.05 bits per heavy atom. The molecule has 0 bridgehead atoms. The lowest BCUT2D eigenvalue weighted by atomic mass is 9.80. The van der Waals surface area contributed by atoms with Crippen molar-refractivity contribution in [3.63, 3.8) is 0 Å². The first kappa shape index (κ1) is 28.1. The van der Waals surface area contributed by atoms with Crippen molar-refractivity contribution in [2.45, 2.75) is 24.9 Å². The smallest absolute Gasteiger partial charge is 0.318 e. The van der Waals surface area contributed by atoms with Gasteiger partial charge in [0.05, 0.1) is 12.0 Å². The van der Waals surface area contributed by atoms with Gasteiger partial charge >= 0.3 is 6.03 Å². The first-order valence-electron chi connectivity index (χ1n) is 13.6. The SMILES string of the molecule is CCNC(=O)N1C(C=Cc2ccccc2)C(C(=O)c2cccc(Cl)c2)C(c2cccs2)C1C(=O)N1CCNCC1. The average molecular weight is 577 g/mol. The third-order valence-electron chi connectivity index (χ3n) is 7.53. The molecule has 2 aromatic carbocycles. The highest BCUT2D eigenvalue weighted by Crippen LogP contribution is 2.47. The van der Waals surface area contributed by atoms with E-state index in [0.29, 0.717) is 43.3 Å². The van der Waals surface area contributed by atoms with Gasteiger partial charge in [-0.15, -0.1) is 11.3 Å². The van der Waals surface area contributed by atoms with E-state index >= 15 is 0 Å². The summed E-state index contributed by atoms with van der Waals surface area (Å²) in [6, 6.07) is 18.7. The van der Waals surface area contributed by atoms with E-state index in [2.05, 4.69) is 10.6 Å². The molecule has 7 nitrogen and oxygen atoms in total. The number of thiophene rings is 1. The summed E-state index contributed by atoms with van der Waals surface area (Å²) in [5.74, 6) is -1.50. The highest BCUT2D eigenvalue weighted by atomic mass is 35.5. The molecule has 3 aromatic rings. The van der Waals surface area contributed by atoms with Crippen LogP contribution in [0.1, 0.15) is 33.6 Å². The first-order chi connectivity index (χ1) is 19.5. The van der Waals surface area contributed by atoms with Crippen LogP contribution in [-0.4, -0.2) is 72.3 Å². The molecule has 208 valence electrons. The zero-order valence-electron chi connectivity index (χ0n) is 22.3. The number of nitrogens with zero attached hydrogens (tertiary/aromatic N) is 2. The number of nitrogens with one attached hydrogen (secondary N) is 2. The van der Waals surface area contributed by atoms with Crippen LogP contribution in [0, 0.1) is 5.92 Å². The Morgan fingerprint density at radius 3 is 2.50 bits per heavy atom. The van der Waals surface area contributed by atoms with Crippen molar-refractivity contribution in [2.75, 3.05) is 32.7 Å².